The monoisotopic (exact) mass is 550 g/mol. The molecule has 0 spiro atoms. The van der Waals surface area contributed by atoms with E-state index in [0.717, 1.165) is 50.8 Å². The Kier molecular flexibility index (Phi) is 8.49. The van der Waals surface area contributed by atoms with Crippen molar-refractivity contribution in [2.24, 2.45) is 4.99 Å². The van der Waals surface area contributed by atoms with Crippen molar-refractivity contribution in [3.63, 3.8) is 0 Å². The van der Waals surface area contributed by atoms with E-state index in [4.69, 9.17) is 0 Å². The number of guanidine groups is 1. The Morgan fingerprint density at radius 3 is 2.54 bits per heavy atom. The van der Waals surface area contributed by atoms with E-state index in [9.17, 15) is 5.11 Å². The van der Waals surface area contributed by atoms with Crippen molar-refractivity contribution in [1.82, 2.24) is 10.2 Å². The molecule has 2 aromatic rings. The molecule has 0 unspecified atom stereocenters. The smallest absolute Gasteiger partial charge is 0.193 e. The highest BCUT2D eigenvalue weighted by molar-refractivity contribution is 14.0. The molecule has 0 amide bonds. The summed E-state index contributed by atoms with van der Waals surface area (Å²) in [5.41, 5.74) is 0.911. The van der Waals surface area contributed by atoms with Crippen molar-refractivity contribution in [1.29, 1.82) is 0 Å². The number of phenolic OH excluding ortho intramolecular Hbond substituents is 1. The molecule has 26 heavy (non-hydrogen) atoms. The van der Waals surface area contributed by atoms with E-state index in [1.54, 1.807) is 17.4 Å². The van der Waals surface area contributed by atoms with Gasteiger partial charge in [0.05, 0.1) is 9.47 Å². The number of benzene rings is 1. The van der Waals surface area contributed by atoms with E-state index in [1.165, 1.54) is 8.66 Å². The highest BCUT2D eigenvalue weighted by Gasteiger charge is 2.21. The van der Waals surface area contributed by atoms with Gasteiger partial charge >= 0.3 is 0 Å². The fraction of sp³-hybridized carbons (Fsp3) is 0.389. The van der Waals surface area contributed by atoms with Gasteiger partial charge in [-0.2, -0.15) is 0 Å². The second-order valence-electron chi connectivity index (χ2n) is 5.89. The third-order valence-electron chi connectivity index (χ3n) is 4.30. The fourth-order valence-corrected chi connectivity index (χ4v) is 4.49. The first-order valence-corrected chi connectivity index (χ1v) is 10.0. The van der Waals surface area contributed by atoms with Gasteiger partial charge in [-0.1, -0.05) is 12.1 Å². The molecule has 1 fully saturated rings. The van der Waals surface area contributed by atoms with Crippen LogP contribution in [0.2, 0.25) is 0 Å². The number of hydrogen-bond acceptors (Lipinski definition) is 4. The van der Waals surface area contributed by atoms with Gasteiger partial charge in [-0.25, -0.2) is 0 Å². The third-order valence-corrected chi connectivity index (χ3v) is 5.98. The van der Waals surface area contributed by atoms with E-state index in [2.05, 4.69) is 48.2 Å². The Balaban J connectivity index is 0.00000243. The average molecular weight is 551 g/mol. The number of aliphatic imine (C=N–C) groups is 1. The highest BCUT2D eigenvalue weighted by Crippen LogP contribution is 2.27. The zero-order valence-electron chi connectivity index (χ0n) is 14.7. The Morgan fingerprint density at radius 1 is 1.19 bits per heavy atom. The quantitative estimate of drug-likeness (QED) is 0.346. The lowest BCUT2D eigenvalue weighted by Gasteiger charge is -2.37. The van der Waals surface area contributed by atoms with Crippen LogP contribution in [-0.4, -0.2) is 55.7 Å². The van der Waals surface area contributed by atoms with Crippen LogP contribution in [0.25, 0.3) is 0 Å². The molecule has 2 N–H and O–H groups in total. The second kappa shape index (κ2) is 10.4. The first-order chi connectivity index (χ1) is 12.2. The summed E-state index contributed by atoms with van der Waals surface area (Å²) in [5, 5.41) is 13.5. The maximum absolute atomic E-state index is 10.0. The SMILES string of the molecule is CN=C(NCCc1ccc(Br)s1)N1CCN(c2ccccc2O)CC1.I. The van der Waals surface area contributed by atoms with Gasteiger partial charge in [-0.15, -0.1) is 35.3 Å². The number of halogens is 2. The molecule has 8 heteroatoms. The molecule has 1 aliphatic rings. The van der Waals surface area contributed by atoms with Crippen molar-refractivity contribution < 1.29 is 5.11 Å². The molecule has 2 heterocycles. The van der Waals surface area contributed by atoms with Crippen LogP contribution >= 0.6 is 51.2 Å². The summed E-state index contributed by atoms with van der Waals surface area (Å²) < 4.78 is 1.17. The van der Waals surface area contributed by atoms with Crippen LogP contribution in [0.1, 0.15) is 4.88 Å². The van der Waals surface area contributed by atoms with Gasteiger partial charge in [0.15, 0.2) is 5.96 Å². The van der Waals surface area contributed by atoms with Crippen molar-refractivity contribution in [2.75, 3.05) is 44.7 Å². The molecular formula is C18H24BrIN4OS. The molecule has 1 aromatic heterocycles. The summed E-state index contributed by atoms with van der Waals surface area (Å²) in [4.78, 5) is 10.3. The van der Waals surface area contributed by atoms with Gasteiger partial charge < -0.3 is 20.2 Å². The Morgan fingerprint density at radius 2 is 1.92 bits per heavy atom. The predicted molar refractivity (Wildman–Crippen MR) is 124 cm³/mol. The van der Waals surface area contributed by atoms with Gasteiger partial charge in [0.2, 0.25) is 0 Å². The molecule has 1 aliphatic heterocycles. The summed E-state index contributed by atoms with van der Waals surface area (Å²) in [6.45, 7) is 4.39. The number of piperazine rings is 1. The largest absolute Gasteiger partial charge is 0.506 e. The van der Waals surface area contributed by atoms with E-state index in [1.807, 2.05) is 25.2 Å². The minimum atomic E-state index is 0. The van der Waals surface area contributed by atoms with Crippen LogP contribution in [0.4, 0.5) is 5.69 Å². The standard InChI is InChI=1S/C18H23BrN4OS.HI/c1-20-18(21-9-8-14-6-7-17(19)25-14)23-12-10-22(11-13-23)15-4-2-3-5-16(15)24;/h2-7,24H,8-13H2,1H3,(H,20,21);1H. The number of rotatable bonds is 4. The number of para-hydroxylation sites is 2. The van der Waals surface area contributed by atoms with E-state index in [0.29, 0.717) is 5.75 Å². The first kappa shape index (κ1) is 21.3. The maximum atomic E-state index is 10.0. The molecular weight excluding hydrogens is 527 g/mol. The molecule has 3 rings (SSSR count). The number of hydrogen-bond donors (Lipinski definition) is 2. The van der Waals surface area contributed by atoms with Crippen LogP contribution < -0.4 is 10.2 Å². The van der Waals surface area contributed by atoms with Crippen LogP contribution in [-0.2, 0) is 6.42 Å². The lowest BCUT2D eigenvalue weighted by molar-refractivity contribution is 0.370. The Hall–Kier alpha value is -1.000. The zero-order valence-corrected chi connectivity index (χ0v) is 19.4. The Bertz CT molecular complexity index is 731. The number of thiophene rings is 1. The van der Waals surface area contributed by atoms with E-state index < -0.39 is 0 Å². The number of nitrogens with zero attached hydrogens (tertiary/aromatic N) is 3. The molecule has 0 aliphatic carbocycles. The van der Waals surface area contributed by atoms with Crippen molar-refractivity contribution in [3.8, 4) is 5.75 Å². The van der Waals surface area contributed by atoms with E-state index in [-0.39, 0.29) is 24.0 Å². The van der Waals surface area contributed by atoms with Crippen LogP contribution in [0.15, 0.2) is 45.2 Å². The summed E-state index contributed by atoms with van der Waals surface area (Å²) in [7, 11) is 1.83. The van der Waals surface area contributed by atoms with Crippen LogP contribution in [0.5, 0.6) is 5.75 Å². The number of aromatic hydroxyl groups is 1. The fourth-order valence-electron chi connectivity index (χ4n) is 3.01. The van der Waals surface area contributed by atoms with Gasteiger partial charge in [-0.05, 0) is 46.6 Å². The molecule has 0 saturated carbocycles. The number of phenols is 1. The summed E-state index contributed by atoms with van der Waals surface area (Å²) in [6.07, 6.45) is 0.993. The highest BCUT2D eigenvalue weighted by atomic mass is 127. The molecule has 5 nitrogen and oxygen atoms in total. The molecule has 1 aromatic carbocycles. The van der Waals surface area contributed by atoms with Crippen LogP contribution in [0.3, 0.4) is 0 Å². The normalized spacial score (nSPS) is 14.9. The average Bonchev–Trinajstić information content (AvgIpc) is 3.05. The van der Waals surface area contributed by atoms with Crippen molar-refractivity contribution in [2.45, 2.75) is 6.42 Å². The lowest BCUT2D eigenvalue weighted by Crippen LogP contribution is -2.52. The first-order valence-electron chi connectivity index (χ1n) is 8.40. The lowest BCUT2D eigenvalue weighted by atomic mass is 10.2. The summed E-state index contributed by atoms with van der Waals surface area (Å²) in [5.74, 6) is 1.30. The molecule has 0 radical (unpaired) electrons. The minimum Gasteiger partial charge on any atom is -0.506 e. The number of nitrogens with one attached hydrogen (secondary N) is 1. The predicted octanol–water partition coefficient (Wildman–Crippen LogP) is 3.77. The zero-order chi connectivity index (χ0) is 17.6. The second-order valence-corrected chi connectivity index (χ2v) is 8.44. The molecule has 0 bridgehead atoms. The summed E-state index contributed by atoms with van der Waals surface area (Å²) in [6, 6.07) is 11.8. The number of anilines is 1. The minimum absolute atomic E-state index is 0. The van der Waals surface area contributed by atoms with E-state index >= 15 is 0 Å². The van der Waals surface area contributed by atoms with Gasteiger partial charge in [0.1, 0.15) is 5.75 Å². The topological polar surface area (TPSA) is 51.1 Å². The molecule has 1 saturated heterocycles. The van der Waals surface area contributed by atoms with Crippen molar-refractivity contribution >= 4 is 62.9 Å². The molecule has 0 atom stereocenters. The third kappa shape index (κ3) is 5.50. The van der Waals surface area contributed by atoms with Crippen LogP contribution in [0, 0.1) is 0 Å². The van der Waals surface area contributed by atoms with Gasteiger partial charge in [0, 0.05) is 44.6 Å². The maximum Gasteiger partial charge on any atom is 0.193 e. The van der Waals surface area contributed by atoms with Crippen molar-refractivity contribution in [3.05, 3.63) is 45.1 Å². The Labute approximate surface area is 184 Å². The molecule has 142 valence electrons. The van der Waals surface area contributed by atoms with Gasteiger partial charge in [-0.3, -0.25) is 4.99 Å². The summed E-state index contributed by atoms with van der Waals surface area (Å²) >= 11 is 5.28. The van der Waals surface area contributed by atoms with Gasteiger partial charge in [0.25, 0.3) is 0 Å².